The maximum atomic E-state index is 12.1. The van der Waals surface area contributed by atoms with Crippen LogP contribution < -0.4 is 5.32 Å². The molecule has 1 aliphatic rings. The molecule has 0 aliphatic heterocycles. The van der Waals surface area contributed by atoms with Gasteiger partial charge in [0, 0.05) is 19.1 Å². The summed E-state index contributed by atoms with van der Waals surface area (Å²) in [5, 5.41) is 3.68. The third-order valence-electron chi connectivity index (χ3n) is 4.48. The normalized spacial score (nSPS) is 25.8. The largest absolute Gasteiger partial charge is 0.444 e. The van der Waals surface area contributed by atoms with Crippen molar-refractivity contribution in [3.05, 3.63) is 0 Å². The van der Waals surface area contributed by atoms with E-state index in [4.69, 9.17) is 4.74 Å². The van der Waals surface area contributed by atoms with E-state index in [2.05, 4.69) is 19.2 Å². The molecule has 130 valence electrons. The number of nitrogens with zero attached hydrogens (tertiary/aromatic N) is 1. The van der Waals surface area contributed by atoms with Gasteiger partial charge in [-0.25, -0.2) is 4.79 Å². The average molecular weight is 312 g/mol. The molecule has 0 aromatic carbocycles. The predicted molar refractivity (Wildman–Crippen MR) is 92.1 cm³/mol. The van der Waals surface area contributed by atoms with Gasteiger partial charge in [0.05, 0.1) is 0 Å². The highest BCUT2D eigenvalue weighted by Gasteiger charge is 2.25. The molecule has 4 heteroatoms. The van der Waals surface area contributed by atoms with Gasteiger partial charge in [-0.1, -0.05) is 13.8 Å². The summed E-state index contributed by atoms with van der Waals surface area (Å²) in [5.74, 6) is 1.63. The second kappa shape index (κ2) is 8.76. The van der Waals surface area contributed by atoms with Crippen molar-refractivity contribution in [3.8, 4) is 0 Å². The van der Waals surface area contributed by atoms with Gasteiger partial charge >= 0.3 is 6.09 Å². The van der Waals surface area contributed by atoms with E-state index in [0.29, 0.717) is 12.6 Å². The molecule has 22 heavy (non-hydrogen) atoms. The van der Waals surface area contributed by atoms with Gasteiger partial charge in [0.2, 0.25) is 0 Å². The molecule has 1 aliphatic carbocycles. The van der Waals surface area contributed by atoms with E-state index in [0.717, 1.165) is 31.3 Å². The quantitative estimate of drug-likeness (QED) is 0.752. The van der Waals surface area contributed by atoms with E-state index in [1.165, 1.54) is 19.3 Å². The lowest BCUT2D eigenvalue weighted by Crippen LogP contribution is -2.41. The molecule has 4 nitrogen and oxygen atoms in total. The molecule has 1 amide bonds. The first kappa shape index (κ1) is 19.3. The third-order valence-corrected chi connectivity index (χ3v) is 4.48. The first-order valence-corrected chi connectivity index (χ1v) is 8.94. The number of amides is 1. The van der Waals surface area contributed by atoms with Crippen LogP contribution >= 0.6 is 0 Å². The number of carbonyl (C=O) groups excluding carboxylic acids is 1. The van der Waals surface area contributed by atoms with Crippen LogP contribution in [0.2, 0.25) is 0 Å². The van der Waals surface area contributed by atoms with Gasteiger partial charge < -0.3 is 15.0 Å². The first-order valence-electron chi connectivity index (χ1n) is 8.94. The summed E-state index contributed by atoms with van der Waals surface area (Å²) in [7, 11) is 0. The zero-order chi connectivity index (χ0) is 16.8. The van der Waals surface area contributed by atoms with E-state index in [1.807, 2.05) is 27.7 Å². The van der Waals surface area contributed by atoms with E-state index in [-0.39, 0.29) is 6.09 Å². The molecule has 0 aromatic heterocycles. The first-order chi connectivity index (χ1) is 10.2. The summed E-state index contributed by atoms with van der Waals surface area (Å²) in [4.78, 5) is 13.8. The van der Waals surface area contributed by atoms with Crippen molar-refractivity contribution in [2.24, 2.45) is 11.8 Å². The van der Waals surface area contributed by atoms with Crippen LogP contribution in [-0.2, 0) is 4.74 Å². The van der Waals surface area contributed by atoms with E-state index in [1.54, 1.807) is 4.90 Å². The van der Waals surface area contributed by atoms with Crippen molar-refractivity contribution in [1.82, 2.24) is 10.2 Å². The fourth-order valence-electron chi connectivity index (χ4n) is 3.23. The Bertz CT molecular complexity index is 338. The number of hydrogen-bond donors (Lipinski definition) is 1. The molecule has 1 saturated carbocycles. The van der Waals surface area contributed by atoms with Crippen LogP contribution in [-0.4, -0.2) is 42.3 Å². The Labute approximate surface area is 137 Å². The van der Waals surface area contributed by atoms with E-state index < -0.39 is 5.60 Å². The second-order valence-corrected chi connectivity index (χ2v) is 7.87. The van der Waals surface area contributed by atoms with Gasteiger partial charge in [0.15, 0.2) is 0 Å². The predicted octanol–water partition coefficient (Wildman–Crippen LogP) is 4.05. The fourth-order valence-corrected chi connectivity index (χ4v) is 3.23. The Morgan fingerprint density at radius 3 is 2.50 bits per heavy atom. The molecular weight excluding hydrogens is 276 g/mol. The summed E-state index contributed by atoms with van der Waals surface area (Å²) in [6.45, 7) is 14.9. The summed E-state index contributed by atoms with van der Waals surface area (Å²) in [5.41, 5.74) is -0.420. The second-order valence-electron chi connectivity index (χ2n) is 7.87. The highest BCUT2D eigenvalue weighted by molar-refractivity contribution is 5.68. The van der Waals surface area contributed by atoms with Crippen molar-refractivity contribution < 1.29 is 9.53 Å². The van der Waals surface area contributed by atoms with Crippen LogP contribution in [0.25, 0.3) is 0 Å². The molecule has 3 atom stereocenters. The Hall–Kier alpha value is -0.770. The van der Waals surface area contributed by atoms with Crippen molar-refractivity contribution in [3.63, 3.8) is 0 Å². The standard InChI is InChI=1S/C18H36N2O2/c1-7-20(17(21)22-18(4,5)6)12-8-11-19-16-10-9-14(2)13-15(16)3/h14-16,19H,7-13H2,1-6H3. The molecule has 0 saturated heterocycles. The minimum atomic E-state index is -0.420. The van der Waals surface area contributed by atoms with Crippen LogP contribution in [0.1, 0.15) is 67.2 Å². The molecule has 1 rings (SSSR count). The SMILES string of the molecule is CCN(CCCNC1CCC(C)CC1C)C(=O)OC(C)(C)C. The maximum absolute atomic E-state index is 12.1. The Morgan fingerprint density at radius 2 is 1.95 bits per heavy atom. The van der Waals surface area contributed by atoms with Crippen molar-refractivity contribution in [2.75, 3.05) is 19.6 Å². The molecule has 0 heterocycles. The number of carbonyl (C=O) groups is 1. The minimum absolute atomic E-state index is 0.199. The Balaban J connectivity index is 2.25. The lowest BCUT2D eigenvalue weighted by Gasteiger charge is -2.33. The van der Waals surface area contributed by atoms with Gasteiger partial charge in [-0.05, 0) is 71.8 Å². The molecule has 0 aromatic rings. The summed E-state index contributed by atoms with van der Waals surface area (Å²) < 4.78 is 5.43. The van der Waals surface area contributed by atoms with Crippen molar-refractivity contribution >= 4 is 6.09 Å². The van der Waals surface area contributed by atoms with E-state index in [9.17, 15) is 4.79 Å². The van der Waals surface area contributed by atoms with Crippen LogP contribution in [0, 0.1) is 11.8 Å². The van der Waals surface area contributed by atoms with Crippen LogP contribution in [0.3, 0.4) is 0 Å². The lowest BCUT2D eigenvalue weighted by molar-refractivity contribution is 0.0257. The molecule has 0 spiro atoms. The van der Waals surface area contributed by atoms with Gasteiger partial charge in [-0.3, -0.25) is 0 Å². The van der Waals surface area contributed by atoms with Crippen LogP contribution in [0.15, 0.2) is 0 Å². The zero-order valence-corrected chi connectivity index (χ0v) is 15.4. The van der Waals surface area contributed by atoms with Gasteiger partial charge in [0.25, 0.3) is 0 Å². The molecule has 3 unspecified atom stereocenters. The summed E-state index contributed by atoms with van der Waals surface area (Å²) >= 11 is 0. The third kappa shape index (κ3) is 6.99. The summed E-state index contributed by atoms with van der Waals surface area (Å²) in [6.07, 6.45) is 4.73. The molecular formula is C18H36N2O2. The number of nitrogens with one attached hydrogen (secondary N) is 1. The average Bonchev–Trinajstić information content (AvgIpc) is 2.38. The fraction of sp³-hybridized carbons (Fsp3) is 0.944. The van der Waals surface area contributed by atoms with Gasteiger partial charge in [0.1, 0.15) is 5.60 Å². The van der Waals surface area contributed by atoms with Gasteiger partial charge in [-0.15, -0.1) is 0 Å². The number of ether oxygens (including phenoxy) is 1. The van der Waals surface area contributed by atoms with Crippen molar-refractivity contribution in [1.29, 1.82) is 0 Å². The number of hydrogen-bond acceptors (Lipinski definition) is 3. The minimum Gasteiger partial charge on any atom is -0.444 e. The highest BCUT2D eigenvalue weighted by Crippen LogP contribution is 2.28. The number of rotatable bonds is 6. The Kier molecular flexibility index (Phi) is 7.67. The maximum Gasteiger partial charge on any atom is 0.410 e. The smallest absolute Gasteiger partial charge is 0.410 e. The van der Waals surface area contributed by atoms with Gasteiger partial charge in [-0.2, -0.15) is 0 Å². The zero-order valence-electron chi connectivity index (χ0n) is 15.4. The highest BCUT2D eigenvalue weighted by atomic mass is 16.6. The molecule has 0 radical (unpaired) electrons. The molecule has 1 fully saturated rings. The van der Waals surface area contributed by atoms with Crippen LogP contribution in [0.4, 0.5) is 4.79 Å². The monoisotopic (exact) mass is 312 g/mol. The Morgan fingerprint density at radius 1 is 1.27 bits per heavy atom. The molecule has 0 bridgehead atoms. The van der Waals surface area contributed by atoms with Crippen molar-refractivity contribution in [2.45, 2.75) is 78.9 Å². The topological polar surface area (TPSA) is 41.6 Å². The lowest BCUT2D eigenvalue weighted by atomic mass is 9.80. The van der Waals surface area contributed by atoms with Crippen LogP contribution in [0.5, 0.6) is 0 Å². The van der Waals surface area contributed by atoms with E-state index >= 15 is 0 Å². The summed E-state index contributed by atoms with van der Waals surface area (Å²) in [6, 6.07) is 0.646. The molecule has 1 N–H and O–H groups in total.